The van der Waals surface area contributed by atoms with Crippen LogP contribution in [0.3, 0.4) is 0 Å². The minimum Gasteiger partial charge on any atom is -0.497 e. The fraction of sp³-hybridized carbons (Fsp3) is 0.167. The Morgan fingerprint density at radius 2 is 1.64 bits per heavy atom. The van der Waals surface area contributed by atoms with Crippen LogP contribution in [0.1, 0.15) is 24.3 Å². The molecule has 0 saturated carbocycles. The molecule has 2 aromatic rings. The predicted molar refractivity (Wildman–Crippen MR) is 81.9 cm³/mol. The topological polar surface area (TPSA) is 44.8 Å². The second-order valence-electron chi connectivity index (χ2n) is 4.95. The molecule has 0 saturated heterocycles. The Labute approximate surface area is 128 Å². The molecule has 3 rings (SSSR count). The molecule has 1 aliphatic heterocycles. The van der Waals surface area contributed by atoms with E-state index < -0.39 is 6.29 Å². The molecule has 1 aliphatic rings. The molecule has 1 atom stereocenters. The first-order valence-electron chi connectivity index (χ1n) is 6.97. The SMILES string of the molecule is COc1ccc(C2=C(C)C(=O)O[C@@H](c3ccccc3)O2)cc1. The number of carbonyl (C=O) groups excluding carboxylic acids is 1. The molecular weight excluding hydrogens is 280 g/mol. The number of hydrogen-bond donors (Lipinski definition) is 0. The lowest BCUT2D eigenvalue weighted by molar-refractivity contribution is -0.168. The maximum atomic E-state index is 12.1. The Morgan fingerprint density at radius 3 is 2.27 bits per heavy atom. The van der Waals surface area contributed by atoms with E-state index in [4.69, 9.17) is 14.2 Å². The monoisotopic (exact) mass is 296 g/mol. The van der Waals surface area contributed by atoms with Crippen molar-refractivity contribution in [2.24, 2.45) is 0 Å². The summed E-state index contributed by atoms with van der Waals surface area (Å²) in [6.07, 6.45) is -0.727. The van der Waals surface area contributed by atoms with Crippen molar-refractivity contribution in [1.82, 2.24) is 0 Å². The number of hydrogen-bond acceptors (Lipinski definition) is 4. The average molecular weight is 296 g/mol. The number of esters is 1. The zero-order valence-corrected chi connectivity index (χ0v) is 12.4. The van der Waals surface area contributed by atoms with Crippen molar-refractivity contribution in [2.45, 2.75) is 13.2 Å². The number of benzene rings is 2. The van der Waals surface area contributed by atoms with Gasteiger partial charge in [-0.1, -0.05) is 30.3 Å². The van der Waals surface area contributed by atoms with Gasteiger partial charge in [-0.25, -0.2) is 4.79 Å². The molecule has 22 heavy (non-hydrogen) atoms. The van der Waals surface area contributed by atoms with Gasteiger partial charge in [0.25, 0.3) is 6.29 Å². The first kappa shape index (κ1) is 14.2. The number of carbonyl (C=O) groups is 1. The molecule has 112 valence electrons. The molecule has 0 bridgehead atoms. The van der Waals surface area contributed by atoms with Gasteiger partial charge in [-0.15, -0.1) is 0 Å². The van der Waals surface area contributed by atoms with E-state index >= 15 is 0 Å². The molecule has 2 aromatic carbocycles. The van der Waals surface area contributed by atoms with Gasteiger partial charge in [0.15, 0.2) is 0 Å². The molecular formula is C18H16O4. The van der Waals surface area contributed by atoms with Gasteiger partial charge >= 0.3 is 5.97 Å². The largest absolute Gasteiger partial charge is 0.497 e. The predicted octanol–water partition coefficient (Wildman–Crippen LogP) is 3.70. The first-order valence-corrected chi connectivity index (χ1v) is 6.97. The second-order valence-corrected chi connectivity index (χ2v) is 4.95. The lowest BCUT2D eigenvalue weighted by Crippen LogP contribution is -2.21. The number of rotatable bonds is 3. The highest BCUT2D eigenvalue weighted by Crippen LogP contribution is 2.35. The summed E-state index contributed by atoms with van der Waals surface area (Å²) in [4.78, 5) is 12.1. The van der Waals surface area contributed by atoms with Gasteiger partial charge in [0.1, 0.15) is 11.5 Å². The van der Waals surface area contributed by atoms with E-state index in [0.29, 0.717) is 11.3 Å². The van der Waals surface area contributed by atoms with Crippen molar-refractivity contribution in [3.05, 3.63) is 71.3 Å². The lowest BCUT2D eigenvalue weighted by Gasteiger charge is -2.27. The summed E-state index contributed by atoms with van der Waals surface area (Å²) in [5, 5.41) is 0. The van der Waals surface area contributed by atoms with E-state index in [1.54, 1.807) is 14.0 Å². The zero-order chi connectivity index (χ0) is 15.5. The van der Waals surface area contributed by atoms with Crippen molar-refractivity contribution in [3.63, 3.8) is 0 Å². The van der Waals surface area contributed by atoms with Gasteiger partial charge in [0.05, 0.1) is 12.7 Å². The van der Waals surface area contributed by atoms with Gasteiger partial charge in [-0.2, -0.15) is 0 Å². The minimum atomic E-state index is -0.727. The van der Waals surface area contributed by atoms with E-state index in [1.807, 2.05) is 54.6 Å². The van der Waals surface area contributed by atoms with Crippen LogP contribution in [0.15, 0.2) is 60.2 Å². The molecule has 0 unspecified atom stereocenters. The Morgan fingerprint density at radius 1 is 0.955 bits per heavy atom. The van der Waals surface area contributed by atoms with Crippen LogP contribution in [-0.4, -0.2) is 13.1 Å². The van der Waals surface area contributed by atoms with Gasteiger partial charge in [-0.3, -0.25) is 0 Å². The molecule has 4 heteroatoms. The average Bonchev–Trinajstić information content (AvgIpc) is 2.58. The third-order valence-electron chi connectivity index (χ3n) is 3.51. The molecule has 0 aromatic heterocycles. The fourth-order valence-corrected chi connectivity index (χ4v) is 2.27. The first-order chi connectivity index (χ1) is 10.7. The fourth-order valence-electron chi connectivity index (χ4n) is 2.27. The Bertz CT molecular complexity index is 702. The number of methoxy groups -OCH3 is 1. The smallest absolute Gasteiger partial charge is 0.340 e. The van der Waals surface area contributed by atoms with Crippen molar-refractivity contribution < 1.29 is 19.0 Å². The van der Waals surface area contributed by atoms with Gasteiger partial charge < -0.3 is 14.2 Å². The third kappa shape index (κ3) is 2.68. The van der Waals surface area contributed by atoms with Crippen LogP contribution >= 0.6 is 0 Å². The van der Waals surface area contributed by atoms with Crippen molar-refractivity contribution in [3.8, 4) is 5.75 Å². The van der Waals surface area contributed by atoms with Gasteiger partial charge in [0, 0.05) is 11.1 Å². The zero-order valence-electron chi connectivity index (χ0n) is 12.4. The summed E-state index contributed by atoms with van der Waals surface area (Å²) in [6, 6.07) is 16.8. The lowest BCUT2D eigenvalue weighted by atomic mass is 10.1. The quantitative estimate of drug-likeness (QED) is 0.810. The van der Waals surface area contributed by atoms with E-state index in [0.717, 1.165) is 16.9 Å². The summed E-state index contributed by atoms with van der Waals surface area (Å²) >= 11 is 0. The number of cyclic esters (lactones) is 1. The maximum absolute atomic E-state index is 12.1. The summed E-state index contributed by atoms with van der Waals surface area (Å²) in [5.41, 5.74) is 2.07. The standard InChI is InChI=1S/C18H16O4/c1-12-16(13-8-10-15(20-2)11-9-13)21-18(22-17(12)19)14-6-4-3-5-7-14/h3-11,18H,1-2H3/t18-/m0/s1. The van der Waals surface area contributed by atoms with Crippen LogP contribution in [0.5, 0.6) is 5.75 Å². The molecule has 1 heterocycles. The molecule has 0 spiro atoms. The highest BCUT2D eigenvalue weighted by atomic mass is 16.7. The van der Waals surface area contributed by atoms with Crippen LogP contribution in [0.4, 0.5) is 0 Å². The Kier molecular flexibility index (Phi) is 3.83. The van der Waals surface area contributed by atoms with Gasteiger partial charge in [-0.05, 0) is 31.2 Å². The molecule has 0 fully saturated rings. The van der Waals surface area contributed by atoms with E-state index in [2.05, 4.69) is 0 Å². The molecule has 0 N–H and O–H groups in total. The van der Waals surface area contributed by atoms with Crippen LogP contribution < -0.4 is 4.74 Å². The van der Waals surface area contributed by atoms with Crippen molar-refractivity contribution in [1.29, 1.82) is 0 Å². The summed E-state index contributed by atoms with van der Waals surface area (Å²) in [7, 11) is 1.61. The van der Waals surface area contributed by atoms with Crippen LogP contribution in [0.25, 0.3) is 5.76 Å². The summed E-state index contributed by atoms with van der Waals surface area (Å²) in [5.74, 6) is 0.915. The van der Waals surface area contributed by atoms with Crippen molar-refractivity contribution in [2.75, 3.05) is 7.11 Å². The summed E-state index contributed by atoms with van der Waals surface area (Å²) in [6.45, 7) is 1.70. The van der Waals surface area contributed by atoms with Crippen LogP contribution in [0.2, 0.25) is 0 Å². The minimum absolute atomic E-state index is 0.370. The Hall–Kier alpha value is -2.75. The molecule has 0 amide bonds. The van der Waals surface area contributed by atoms with Crippen LogP contribution in [-0.2, 0) is 14.3 Å². The van der Waals surface area contributed by atoms with Crippen molar-refractivity contribution >= 4 is 11.7 Å². The Balaban J connectivity index is 1.94. The second kappa shape index (κ2) is 5.93. The maximum Gasteiger partial charge on any atom is 0.340 e. The summed E-state index contributed by atoms with van der Waals surface area (Å²) < 4.78 is 16.4. The molecule has 4 nitrogen and oxygen atoms in total. The van der Waals surface area contributed by atoms with E-state index in [9.17, 15) is 4.79 Å². The van der Waals surface area contributed by atoms with E-state index in [-0.39, 0.29) is 5.97 Å². The third-order valence-corrected chi connectivity index (χ3v) is 3.51. The molecule has 0 aliphatic carbocycles. The highest BCUT2D eigenvalue weighted by molar-refractivity contribution is 5.96. The normalized spacial score (nSPS) is 17.7. The highest BCUT2D eigenvalue weighted by Gasteiger charge is 2.29. The van der Waals surface area contributed by atoms with Crippen LogP contribution in [0, 0.1) is 0 Å². The molecule has 0 radical (unpaired) electrons. The number of ether oxygens (including phenoxy) is 3. The van der Waals surface area contributed by atoms with E-state index in [1.165, 1.54) is 0 Å². The van der Waals surface area contributed by atoms with Gasteiger partial charge in [0.2, 0.25) is 0 Å².